The van der Waals surface area contributed by atoms with Crippen molar-refractivity contribution in [3.05, 3.63) is 17.7 Å². The minimum Gasteiger partial charge on any atom is -0.493 e. The van der Waals surface area contributed by atoms with Crippen molar-refractivity contribution in [2.45, 2.75) is 6.04 Å². The zero-order valence-corrected chi connectivity index (χ0v) is 14.0. The molecule has 22 heavy (non-hydrogen) atoms. The van der Waals surface area contributed by atoms with Gasteiger partial charge in [0, 0.05) is 38.8 Å². The Bertz CT molecular complexity index is 463. The van der Waals surface area contributed by atoms with Crippen LogP contribution in [0.2, 0.25) is 0 Å². The summed E-state index contributed by atoms with van der Waals surface area (Å²) in [6.07, 6.45) is 0. The van der Waals surface area contributed by atoms with Crippen molar-refractivity contribution in [3.63, 3.8) is 0 Å². The lowest BCUT2D eigenvalue weighted by molar-refractivity contribution is 0.114. The van der Waals surface area contributed by atoms with Gasteiger partial charge in [-0.1, -0.05) is 0 Å². The van der Waals surface area contributed by atoms with E-state index in [1.54, 1.807) is 21.3 Å². The maximum Gasteiger partial charge on any atom is 0.203 e. The standard InChI is InChI=1S/C16H27N3O3/c1-18-5-7-19(8-6-18)13(11-17)12-9-14(20-2)16(22-4)15(10-12)21-3/h9-10,13H,5-8,11,17H2,1-4H3. The molecule has 1 saturated heterocycles. The van der Waals surface area contributed by atoms with Gasteiger partial charge < -0.3 is 24.8 Å². The first-order chi connectivity index (χ1) is 10.6. The Morgan fingerprint density at radius 3 is 1.95 bits per heavy atom. The van der Waals surface area contributed by atoms with Crippen LogP contribution in [0.5, 0.6) is 17.2 Å². The molecule has 0 saturated carbocycles. The molecule has 2 N–H and O–H groups in total. The number of hydrogen-bond acceptors (Lipinski definition) is 6. The number of piperazine rings is 1. The topological polar surface area (TPSA) is 60.2 Å². The number of methoxy groups -OCH3 is 3. The predicted octanol–water partition coefficient (Wildman–Crippen LogP) is 0.960. The lowest BCUT2D eigenvalue weighted by atomic mass is 10.0. The summed E-state index contributed by atoms with van der Waals surface area (Å²) in [5.41, 5.74) is 7.15. The molecule has 0 aromatic heterocycles. The van der Waals surface area contributed by atoms with Crippen LogP contribution in [0.15, 0.2) is 12.1 Å². The quantitative estimate of drug-likeness (QED) is 0.844. The summed E-state index contributed by atoms with van der Waals surface area (Å²) >= 11 is 0. The molecule has 1 aromatic rings. The average molecular weight is 309 g/mol. The van der Waals surface area contributed by atoms with Crippen LogP contribution in [-0.4, -0.2) is 70.9 Å². The van der Waals surface area contributed by atoms with E-state index in [4.69, 9.17) is 19.9 Å². The fourth-order valence-electron chi connectivity index (χ4n) is 2.92. The summed E-state index contributed by atoms with van der Waals surface area (Å²) in [7, 11) is 7.03. The molecule has 6 nitrogen and oxygen atoms in total. The van der Waals surface area contributed by atoms with Gasteiger partial charge in [-0.2, -0.15) is 0 Å². The Morgan fingerprint density at radius 1 is 1.00 bits per heavy atom. The molecule has 0 radical (unpaired) electrons. The SMILES string of the molecule is COc1cc(C(CN)N2CCN(C)CC2)cc(OC)c1OC. The number of ether oxygens (including phenoxy) is 3. The molecular weight excluding hydrogens is 282 g/mol. The lowest BCUT2D eigenvalue weighted by Gasteiger charge is -2.38. The van der Waals surface area contributed by atoms with E-state index in [0.29, 0.717) is 23.8 Å². The first kappa shape index (κ1) is 16.9. The monoisotopic (exact) mass is 309 g/mol. The Hall–Kier alpha value is -1.50. The first-order valence-corrected chi connectivity index (χ1v) is 7.57. The van der Waals surface area contributed by atoms with Gasteiger partial charge in [0.25, 0.3) is 0 Å². The van der Waals surface area contributed by atoms with E-state index >= 15 is 0 Å². The second-order valence-electron chi connectivity index (χ2n) is 5.55. The van der Waals surface area contributed by atoms with E-state index in [2.05, 4.69) is 16.8 Å². The maximum atomic E-state index is 6.06. The molecule has 0 amide bonds. The normalized spacial score (nSPS) is 18.0. The second kappa shape index (κ2) is 7.67. The van der Waals surface area contributed by atoms with Crippen molar-refractivity contribution in [1.29, 1.82) is 0 Å². The predicted molar refractivity (Wildman–Crippen MR) is 87.0 cm³/mol. The van der Waals surface area contributed by atoms with Crippen LogP contribution < -0.4 is 19.9 Å². The minimum absolute atomic E-state index is 0.155. The smallest absolute Gasteiger partial charge is 0.203 e. The Morgan fingerprint density at radius 2 is 1.55 bits per heavy atom. The van der Waals surface area contributed by atoms with Gasteiger partial charge in [0.1, 0.15) is 0 Å². The average Bonchev–Trinajstić information content (AvgIpc) is 2.56. The van der Waals surface area contributed by atoms with Crippen LogP contribution >= 0.6 is 0 Å². The van der Waals surface area contributed by atoms with Crippen LogP contribution in [-0.2, 0) is 0 Å². The molecule has 1 unspecified atom stereocenters. The molecule has 1 aliphatic heterocycles. The molecule has 1 atom stereocenters. The van der Waals surface area contributed by atoms with Crippen molar-refractivity contribution < 1.29 is 14.2 Å². The van der Waals surface area contributed by atoms with Gasteiger partial charge in [-0.15, -0.1) is 0 Å². The van der Waals surface area contributed by atoms with Crippen molar-refractivity contribution in [1.82, 2.24) is 9.80 Å². The lowest BCUT2D eigenvalue weighted by Crippen LogP contribution is -2.47. The summed E-state index contributed by atoms with van der Waals surface area (Å²) in [6, 6.07) is 4.15. The second-order valence-corrected chi connectivity index (χ2v) is 5.55. The Balaban J connectivity index is 2.32. The third-order valence-electron chi connectivity index (χ3n) is 4.27. The third-order valence-corrected chi connectivity index (χ3v) is 4.27. The van der Waals surface area contributed by atoms with Gasteiger partial charge in [-0.3, -0.25) is 4.90 Å². The molecule has 0 aliphatic carbocycles. The van der Waals surface area contributed by atoms with Crippen molar-refractivity contribution in [2.24, 2.45) is 5.73 Å². The van der Waals surface area contributed by atoms with Crippen molar-refractivity contribution >= 4 is 0 Å². The van der Waals surface area contributed by atoms with Gasteiger partial charge in [-0.05, 0) is 24.7 Å². The van der Waals surface area contributed by atoms with Crippen LogP contribution in [0.25, 0.3) is 0 Å². The fraction of sp³-hybridized carbons (Fsp3) is 0.625. The van der Waals surface area contributed by atoms with E-state index in [1.165, 1.54) is 0 Å². The highest BCUT2D eigenvalue weighted by atomic mass is 16.5. The van der Waals surface area contributed by atoms with E-state index in [1.807, 2.05) is 12.1 Å². The zero-order chi connectivity index (χ0) is 16.1. The molecule has 1 aromatic carbocycles. The van der Waals surface area contributed by atoms with Gasteiger partial charge in [-0.25, -0.2) is 0 Å². The first-order valence-electron chi connectivity index (χ1n) is 7.57. The molecule has 0 spiro atoms. The van der Waals surface area contributed by atoms with Gasteiger partial charge in [0.15, 0.2) is 11.5 Å². The van der Waals surface area contributed by atoms with Crippen LogP contribution in [0.1, 0.15) is 11.6 Å². The van der Waals surface area contributed by atoms with Crippen LogP contribution in [0.3, 0.4) is 0 Å². The summed E-state index contributed by atoms with van der Waals surface area (Å²) < 4.78 is 16.3. The van der Waals surface area contributed by atoms with E-state index in [-0.39, 0.29) is 6.04 Å². The highest BCUT2D eigenvalue weighted by Crippen LogP contribution is 2.40. The number of likely N-dealkylation sites (N-methyl/N-ethyl adjacent to an activating group) is 1. The molecule has 1 aliphatic rings. The molecule has 1 fully saturated rings. The van der Waals surface area contributed by atoms with E-state index < -0.39 is 0 Å². The summed E-state index contributed by atoms with van der Waals surface area (Å²) in [6.45, 7) is 4.69. The highest BCUT2D eigenvalue weighted by molar-refractivity contribution is 5.54. The maximum absolute atomic E-state index is 6.06. The van der Waals surface area contributed by atoms with Gasteiger partial charge >= 0.3 is 0 Å². The van der Waals surface area contributed by atoms with Crippen molar-refractivity contribution in [2.75, 3.05) is 61.1 Å². The Labute approximate surface area is 132 Å². The fourth-order valence-corrected chi connectivity index (χ4v) is 2.92. The molecular formula is C16H27N3O3. The number of rotatable bonds is 6. The highest BCUT2D eigenvalue weighted by Gasteiger charge is 2.25. The summed E-state index contributed by atoms with van der Waals surface area (Å²) in [5, 5.41) is 0. The summed E-state index contributed by atoms with van der Waals surface area (Å²) in [4.78, 5) is 4.75. The molecule has 6 heteroatoms. The minimum atomic E-state index is 0.155. The number of nitrogens with zero attached hydrogens (tertiary/aromatic N) is 2. The zero-order valence-electron chi connectivity index (χ0n) is 14.0. The van der Waals surface area contributed by atoms with Crippen molar-refractivity contribution in [3.8, 4) is 17.2 Å². The van der Waals surface area contributed by atoms with Crippen LogP contribution in [0.4, 0.5) is 0 Å². The Kier molecular flexibility index (Phi) is 5.88. The third kappa shape index (κ3) is 3.45. The van der Waals surface area contributed by atoms with Crippen LogP contribution in [0, 0.1) is 0 Å². The number of benzene rings is 1. The molecule has 0 bridgehead atoms. The largest absolute Gasteiger partial charge is 0.493 e. The van der Waals surface area contributed by atoms with E-state index in [0.717, 1.165) is 31.7 Å². The van der Waals surface area contributed by atoms with Gasteiger partial charge in [0.2, 0.25) is 5.75 Å². The number of hydrogen-bond donors (Lipinski definition) is 1. The molecule has 1 heterocycles. The molecule has 124 valence electrons. The summed E-state index contributed by atoms with van der Waals surface area (Å²) in [5.74, 6) is 1.96. The van der Waals surface area contributed by atoms with Gasteiger partial charge in [0.05, 0.1) is 21.3 Å². The number of nitrogens with two attached hydrogens (primary N) is 1. The molecule has 2 rings (SSSR count). The van der Waals surface area contributed by atoms with E-state index in [9.17, 15) is 0 Å².